The Labute approximate surface area is 68.5 Å². The maximum absolute atomic E-state index is 5.77. The summed E-state index contributed by atoms with van der Waals surface area (Å²) in [7, 11) is 0. The maximum Gasteiger partial charge on any atom is 0.00710 e. The average molecular weight is 154 g/mol. The lowest BCUT2D eigenvalue weighted by Crippen LogP contribution is -2.28. The van der Waals surface area contributed by atoms with Crippen molar-refractivity contribution in [3.8, 4) is 0 Å². The Kier molecular flexibility index (Phi) is 2.14. The zero-order chi connectivity index (χ0) is 7.68. The first-order valence-electron chi connectivity index (χ1n) is 4.82. The molecule has 0 bridgehead atoms. The molecule has 0 aromatic carbocycles. The van der Waals surface area contributed by atoms with E-state index in [4.69, 9.17) is 5.73 Å². The summed E-state index contributed by atoms with van der Waals surface area (Å²) < 4.78 is 0. The second kappa shape index (κ2) is 3.11. The molecule has 2 heteroatoms. The van der Waals surface area contributed by atoms with Crippen molar-refractivity contribution in [2.24, 2.45) is 17.6 Å². The van der Waals surface area contributed by atoms with Gasteiger partial charge >= 0.3 is 0 Å². The molecule has 1 aliphatic carbocycles. The number of piperidine rings is 1. The minimum Gasteiger partial charge on any atom is -0.327 e. The molecule has 0 aromatic heterocycles. The molecule has 64 valence electrons. The van der Waals surface area contributed by atoms with Crippen molar-refractivity contribution < 1.29 is 0 Å². The Morgan fingerprint density at radius 1 is 1.27 bits per heavy atom. The van der Waals surface area contributed by atoms with Gasteiger partial charge in [-0.25, -0.2) is 0 Å². The predicted octanol–water partition coefficient (Wildman–Crippen LogP) is 0.723. The van der Waals surface area contributed by atoms with Crippen LogP contribution >= 0.6 is 0 Å². The van der Waals surface area contributed by atoms with E-state index in [-0.39, 0.29) is 0 Å². The smallest absolute Gasteiger partial charge is 0.00710 e. The first-order valence-corrected chi connectivity index (χ1v) is 4.82. The Balaban J connectivity index is 1.68. The Morgan fingerprint density at radius 3 is 2.45 bits per heavy atom. The summed E-state index contributed by atoms with van der Waals surface area (Å²) in [6.45, 7) is 2.46. The SMILES string of the molecule is NC1CC1CC1CCNCC1. The highest BCUT2D eigenvalue weighted by Crippen LogP contribution is 2.36. The van der Waals surface area contributed by atoms with Crippen LogP contribution in [0.2, 0.25) is 0 Å². The fraction of sp³-hybridized carbons (Fsp3) is 1.00. The molecule has 2 unspecified atom stereocenters. The minimum absolute atomic E-state index is 0.560. The van der Waals surface area contributed by atoms with Gasteiger partial charge < -0.3 is 11.1 Å². The zero-order valence-corrected chi connectivity index (χ0v) is 7.05. The van der Waals surface area contributed by atoms with Gasteiger partial charge in [0.05, 0.1) is 0 Å². The van der Waals surface area contributed by atoms with Crippen LogP contribution in [-0.4, -0.2) is 19.1 Å². The van der Waals surface area contributed by atoms with E-state index >= 15 is 0 Å². The zero-order valence-electron chi connectivity index (χ0n) is 7.05. The maximum atomic E-state index is 5.77. The van der Waals surface area contributed by atoms with Crippen LogP contribution in [0.5, 0.6) is 0 Å². The van der Waals surface area contributed by atoms with Gasteiger partial charge in [-0.1, -0.05) is 0 Å². The van der Waals surface area contributed by atoms with Gasteiger partial charge in [-0.05, 0) is 50.6 Å². The Morgan fingerprint density at radius 2 is 1.91 bits per heavy atom. The summed E-state index contributed by atoms with van der Waals surface area (Å²) in [5.74, 6) is 1.87. The topological polar surface area (TPSA) is 38.0 Å². The highest BCUT2D eigenvalue weighted by atomic mass is 14.9. The van der Waals surface area contributed by atoms with Crippen LogP contribution < -0.4 is 11.1 Å². The molecule has 2 fully saturated rings. The molecule has 11 heavy (non-hydrogen) atoms. The van der Waals surface area contributed by atoms with E-state index < -0.39 is 0 Å². The summed E-state index contributed by atoms with van der Waals surface area (Å²) in [5, 5.41) is 3.39. The molecule has 0 aromatic rings. The van der Waals surface area contributed by atoms with Crippen molar-refractivity contribution in [2.45, 2.75) is 31.7 Å². The van der Waals surface area contributed by atoms with Crippen LogP contribution in [0.1, 0.15) is 25.7 Å². The number of hydrogen-bond donors (Lipinski definition) is 2. The summed E-state index contributed by atoms with van der Waals surface area (Å²) in [4.78, 5) is 0. The van der Waals surface area contributed by atoms with Gasteiger partial charge in [-0.3, -0.25) is 0 Å². The number of rotatable bonds is 2. The van der Waals surface area contributed by atoms with Crippen LogP contribution in [0.15, 0.2) is 0 Å². The van der Waals surface area contributed by atoms with Crippen molar-refractivity contribution in [1.29, 1.82) is 0 Å². The summed E-state index contributed by atoms with van der Waals surface area (Å²) in [6.07, 6.45) is 5.46. The van der Waals surface area contributed by atoms with E-state index in [1.165, 1.54) is 38.8 Å². The average Bonchev–Trinajstić information content (AvgIpc) is 2.69. The van der Waals surface area contributed by atoms with Gasteiger partial charge in [0.1, 0.15) is 0 Å². The Hall–Kier alpha value is -0.0800. The molecule has 2 rings (SSSR count). The molecule has 1 aliphatic heterocycles. The van der Waals surface area contributed by atoms with Gasteiger partial charge in [0.25, 0.3) is 0 Å². The molecule has 2 aliphatic rings. The molecule has 1 heterocycles. The highest BCUT2D eigenvalue weighted by Gasteiger charge is 2.35. The quantitative estimate of drug-likeness (QED) is 0.615. The number of nitrogens with two attached hydrogens (primary N) is 1. The summed E-state index contributed by atoms with van der Waals surface area (Å²) in [5.41, 5.74) is 5.77. The molecule has 0 radical (unpaired) electrons. The molecule has 1 saturated heterocycles. The second-order valence-corrected chi connectivity index (χ2v) is 4.09. The molecular weight excluding hydrogens is 136 g/mol. The fourth-order valence-electron chi connectivity index (χ4n) is 2.09. The van der Waals surface area contributed by atoms with E-state index in [0.717, 1.165) is 11.8 Å². The molecule has 2 nitrogen and oxygen atoms in total. The lowest BCUT2D eigenvalue weighted by Gasteiger charge is -2.22. The van der Waals surface area contributed by atoms with Crippen molar-refractivity contribution in [3.63, 3.8) is 0 Å². The van der Waals surface area contributed by atoms with Gasteiger partial charge in [-0.2, -0.15) is 0 Å². The predicted molar refractivity (Wildman–Crippen MR) is 46.3 cm³/mol. The van der Waals surface area contributed by atoms with E-state index in [1.807, 2.05) is 0 Å². The monoisotopic (exact) mass is 154 g/mol. The van der Waals surface area contributed by atoms with Crippen LogP contribution in [0, 0.1) is 11.8 Å². The Bertz CT molecular complexity index is 130. The fourth-order valence-corrected chi connectivity index (χ4v) is 2.09. The van der Waals surface area contributed by atoms with Crippen molar-refractivity contribution in [3.05, 3.63) is 0 Å². The van der Waals surface area contributed by atoms with Gasteiger partial charge in [-0.15, -0.1) is 0 Å². The van der Waals surface area contributed by atoms with Crippen LogP contribution in [0.25, 0.3) is 0 Å². The van der Waals surface area contributed by atoms with Gasteiger partial charge in [0, 0.05) is 6.04 Å². The van der Waals surface area contributed by atoms with Gasteiger partial charge in [0.15, 0.2) is 0 Å². The standard InChI is InChI=1S/C9H18N2/c10-9-6-8(9)5-7-1-3-11-4-2-7/h7-9,11H,1-6,10H2. The molecular formula is C9H18N2. The summed E-state index contributed by atoms with van der Waals surface area (Å²) in [6, 6.07) is 0.560. The van der Waals surface area contributed by atoms with E-state index in [2.05, 4.69) is 5.32 Å². The highest BCUT2D eigenvalue weighted by molar-refractivity contribution is 4.91. The largest absolute Gasteiger partial charge is 0.327 e. The van der Waals surface area contributed by atoms with Crippen molar-refractivity contribution in [1.82, 2.24) is 5.32 Å². The van der Waals surface area contributed by atoms with Crippen molar-refractivity contribution >= 4 is 0 Å². The number of hydrogen-bond acceptors (Lipinski definition) is 2. The molecule has 0 spiro atoms. The normalized spacial score (nSPS) is 39.0. The van der Waals surface area contributed by atoms with Crippen LogP contribution in [0.3, 0.4) is 0 Å². The van der Waals surface area contributed by atoms with E-state index in [1.54, 1.807) is 0 Å². The second-order valence-electron chi connectivity index (χ2n) is 4.09. The van der Waals surface area contributed by atoms with E-state index in [0.29, 0.717) is 6.04 Å². The first-order chi connectivity index (χ1) is 5.36. The first kappa shape index (κ1) is 7.56. The lowest BCUT2D eigenvalue weighted by molar-refractivity contribution is 0.338. The third-order valence-electron chi connectivity index (χ3n) is 3.07. The molecule has 0 amide bonds. The minimum atomic E-state index is 0.560. The van der Waals surface area contributed by atoms with E-state index in [9.17, 15) is 0 Å². The van der Waals surface area contributed by atoms with Gasteiger partial charge in [0.2, 0.25) is 0 Å². The molecule has 3 N–H and O–H groups in total. The van der Waals surface area contributed by atoms with Crippen LogP contribution in [-0.2, 0) is 0 Å². The molecule has 2 atom stereocenters. The number of nitrogens with one attached hydrogen (secondary N) is 1. The third-order valence-corrected chi connectivity index (χ3v) is 3.07. The van der Waals surface area contributed by atoms with Crippen LogP contribution in [0.4, 0.5) is 0 Å². The third kappa shape index (κ3) is 1.94. The molecule has 1 saturated carbocycles. The lowest BCUT2D eigenvalue weighted by atomic mass is 9.92. The van der Waals surface area contributed by atoms with Crippen molar-refractivity contribution in [2.75, 3.05) is 13.1 Å². The summed E-state index contributed by atoms with van der Waals surface area (Å²) >= 11 is 0.